The highest BCUT2D eigenvalue weighted by atomic mass is 16.6. The Labute approximate surface area is 164 Å². The SMILES string of the molecule is COc1ccc(Oc2ccc([N+](=O)[O-])cc2C(=O)N(C)CC(C)(C)CN)cc1. The lowest BCUT2D eigenvalue weighted by atomic mass is 9.93. The normalized spacial score (nSPS) is 11.0. The second-order valence-electron chi connectivity index (χ2n) is 7.24. The fraction of sp³-hybridized carbons (Fsp3) is 0.350. The topological polar surface area (TPSA) is 108 Å². The Morgan fingerprint density at radius 3 is 2.32 bits per heavy atom. The van der Waals surface area contributed by atoms with Crippen LogP contribution in [0.5, 0.6) is 17.2 Å². The van der Waals surface area contributed by atoms with Gasteiger partial charge in [0.25, 0.3) is 11.6 Å². The molecule has 8 heteroatoms. The van der Waals surface area contributed by atoms with Gasteiger partial charge in [-0.15, -0.1) is 0 Å². The third-order valence-corrected chi connectivity index (χ3v) is 4.26. The summed E-state index contributed by atoms with van der Waals surface area (Å²) in [4.78, 5) is 25.1. The number of hydrogen-bond acceptors (Lipinski definition) is 6. The molecule has 0 atom stereocenters. The molecule has 1 amide bonds. The Bertz CT molecular complexity index is 849. The molecule has 0 saturated heterocycles. The molecule has 0 fully saturated rings. The van der Waals surface area contributed by atoms with Crippen LogP contribution in [0, 0.1) is 15.5 Å². The molecule has 0 bridgehead atoms. The number of methoxy groups -OCH3 is 1. The summed E-state index contributed by atoms with van der Waals surface area (Å²) in [6.45, 7) is 4.68. The highest BCUT2D eigenvalue weighted by Gasteiger charge is 2.25. The molecule has 2 N–H and O–H groups in total. The fourth-order valence-electron chi connectivity index (χ4n) is 2.64. The van der Waals surface area contributed by atoms with E-state index >= 15 is 0 Å². The van der Waals surface area contributed by atoms with Crippen LogP contribution < -0.4 is 15.2 Å². The number of nitrogens with two attached hydrogens (primary N) is 1. The first-order valence-electron chi connectivity index (χ1n) is 8.73. The zero-order valence-corrected chi connectivity index (χ0v) is 16.5. The molecule has 0 unspecified atom stereocenters. The van der Waals surface area contributed by atoms with E-state index in [4.69, 9.17) is 15.2 Å². The Hall–Kier alpha value is -3.13. The van der Waals surface area contributed by atoms with Gasteiger partial charge in [-0.05, 0) is 42.3 Å². The van der Waals surface area contributed by atoms with Gasteiger partial charge in [0, 0.05) is 25.7 Å². The molecular weight excluding hydrogens is 362 g/mol. The highest BCUT2D eigenvalue weighted by Crippen LogP contribution is 2.31. The monoisotopic (exact) mass is 387 g/mol. The van der Waals surface area contributed by atoms with E-state index in [0.717, 1.165) is 0 Å². The highest BCUT2D eigenvalue weighted by molar-refractivity contribution is 5.97. The molecule has 0 radical (unpaired) electrons. The van der Waals surface area contributed by atoms with E-state index < -0.39 is 4.92 Å². The Morgan fingerprint density at radius 2 is 1.79 bits per heavy atom. The molecule has 0 aliphatic heterocycles. The van der Waals surface area contributed by atoms with E-state index in [0.29, 0.717) is 24.6 Å². The van der Waals surface area contributed by atoms with Crippen LogP contribution >= 0.6 is 0 Å². The van der Waals surface area contributed by atoms with Gasteiger partial charge in [0.15, 0.2) is 0 Å². The van der Waals surface area contributed by atoms with Crippen molar-refractivity contribution in [2.75, 3.05) is 27.2 Å². The first-order valence-corrected chi connectivity index (χ1v) is 8.73. The predicted molar refractivity (Wildman–Crippen MR) is 106 cm³/mol. The molecule has 2 aromatic rings. The largest absolute Gasteiger partial charge is 0.497 e. The Morgan fingerprint density at radius 1 is 1.18 bits per heavy atom. The van der Waals surface area contributed by atoms with E-state index in [1.165, 1.54) is 23.1 Å². The first-order chi connectivity index (χ1) is 13.2. The standard InChI is InChI=1S/C20H25N3O5/c1-20(2,12-21)13-22(3)19(24)17-11-14(23(25)26)5-10-18(17)28-16-8-6-15(27-4)7-9-16/h5-11H,12-13,21H2,1-4H3. The molecule has 2 rings (SSSR count). The van der Waals surface area contributed by atoms with E-state index in [1.54, 1.807) is 38.4 Å². The van der Waals surface area contributed by atoms with Crippen molar-refractivity contribution in [3.63, 3.8) is 0 Å². The van der Waals surface area contributed by atoms with Crippen LogP contribution in [0.25, 0.3) is 0 Å². The number of benzene rings is 2. The van der Waals surface area contributed by atoms with Crippen LogP contribution in [0.2, 0.25) is 0 Å². The predicted octanol–water partition coefficient (Wildman–Crippen LogP) is 3.45. The summed E-state index contributed by atoms with van der Waals surface area (Å²) in [7, 11) is 3.19. The van der Waals surface area contributed by atoms with Crippen molar-refractivity contribution < 1.29 is 19.2 Å². The van der Waals surface area contributed by atoms with Crippen LogP contribution in [-0.2, 0) is 0 Å². The number of ether oxygens (including phenoxy) is 2. The summed E-state index contributed by atoms with van der Waals surface area (Å²) in [5.74, 6) is 0.997. The quantitative estimate of drug-likeness (QED) is 0.549. The van der Waals surface area contributed by atoms with Crippen LogP contribution in [0.1, 0.15) is 24.2 Å². The summed E-state index contributed by atoms with van der Waals surface area (Å²) in [6.07, 6.45) is 0. The van der Waals surface area contributed by atoms with Crippen molar-refractivity contribution in [1.29, 1.82) is 0 Å². The van der Waals surface area contributed by atoms with Crippen molar-refractivity contribution in [1.82, 2.24) is 4.90 Å². The molecule has 8 nitrogen and oxygen atoms in total. The van der Waals surface area contributed by atoms with Gasteiger partial charge < -0.3 is 20.1 Å². The van der Waals surface area contributed by atoms with Crippen molar-refractivity contribution in [3.05, 3.63) is 58.1 Å². The Balaban J connectivity index is 2.37. The van der Waals surface area contributed by atoms with E-state index in [1.807, 2.05) is 13.8 Å². The smallest absolute Gasteiger partial charge is 0.270 e. The van der Waals surface area contributed by atoms with Gasteiger partial charge in [0.2, 0.25) is 0 Å². The molecule has 0 aromatic heterocycles. The number of amides is 1. The van der Waals surface area contributed by atoms with E-state index in [9.17, 15) is 14.9 Å². The number of non-ortho nitro benzene ring substituents is 1. The van der Waals surface area contributed by atoms with Crippen LogP contribution in [0.3, 0.4) is 0 Å². The van der Waals surface area contributed by atoms with Crippen LogP contribution in [-0.4, -0.2) is 43.0 Å². The maximum Gasteiger partial charge on any atom is 0.270 e. The molecule has 0 aliphatic rings. The number of nitro benzene ring substituents is 1. The molecule has 0 spiro atoms. The maximum atomic E-state index is 13.0. The summed E-state index contributed by atoms with van der Waals surface area (Å²) in [6, 6.07) is 10.8. The van der Waals surface area contributed by atoms with Crippen molar-refractivity contribution in [3.8, 4) is 17.2 Å². The van der Waals surface area contributed by atoms with Crippen LogP contribution in [0.4, 0.5) is 5.69 Å². The molecule has 2 aromatic carbocycles. The average Bonchev–Trinajstić information content (AvgIpc) is 2.67. The zero-order valence-electron chi connectivity index (χ0n) is 16.5. The van der Waals surface area contributed by atoms with Gasteiger partial charge in [0.1, 0.15) is 17.2 Å². The molecule has 0 aliphatic carbocycles. The lowest BCUT2D eigenvalue weighted by Crippen LogP contribution is -2.39. The molecule has 28 heavy (non-hydrogen) atoms. The van der Waals surface area contributed by atoms with Gasteiger partial charge in [0.05, 0.1) is 17.6 Å². The summed E-state index contributed by atoms with van der Waals surface area (Å²) < 4.78 is 10.9. The van der Waals surface area contributed by atoms with Crippen molar-refractivity contribution in [2.24, 2.45) is 11.1 Å². The van der Waals surface area contributed by atoms with Gasteiger partial charge in [-0.3, -0.25) is 14.9 Å². The third kappa shape index (κ3) is 5.20. The van der Waals surface area contributed by atoms with E-state index in [-0.39, 0.29) is 28.3 Å². The fourth-order valence-corrected chi connectivity index (χ4v) is 2.64. The zero-order chi connectivity index (χ0) is 20.9. The Kier molecular flexibility index (Phi) is 6.58. The maximum absolute atomic E-state index is 13.0. The minimum absolute atomic E-state index is 0.111. The van der Waals surface area contributed by atoms with E-state index in [2.05, 4.69) is 0 Å². The minimum atomic E-state index is -0.544. The third-order valence-electron chi connectivity index (χ3n) is 4.26. The second-order valence-corrected chi connectivity index (χ2v) is 7.24. The summed E-state index contributed by atoms with van der Waals surface area (Å²) in [5, 5.41) is 11.2. The summed E-state index contributed by atoms with van der Waals surface area (Å²) in [5.41, 5.74) is 5.39. The van der Waals surface area contributed by atoms with Gasteiger partial charge in [-0.2, -0.15) is 0 Å². The van der Waals surface area contributed by atoms with Gasteiger partial charge >= 0.3 is 0 Å². The number of carbonyl (C=O) groups excluding carboxylic acids is 1. The number of rotatable bonds is 8. The minimum Gasteiger partial charge on any atom is -0.497 e. The molecule has 150 valence electrons. The second kappa shape index (κ2) is 8.71. The van der Waals surface area contributed by atoms with Gasteiger partial charge in [-0.25, -0.2) is 0 Å². The van der Waals surface area contributed by atoms with Crippen molar-refractivity contribution in [2.45, 2.75) is 13.8 Å². The lowest BCUT2D eigenvalue weighted by molar-refractivity contribution is -0.384. The number of nitrogens with zero attached hydrogens (tertiary/aromatic N) is 2. The lowest BCUT2D eigenvalue weighted by Gasteiger charge is -2.29. The summed E-state index contributed by atoms with van der Waals surface area (Å²) >= 11 is 0. The molecule has 0 saturated carbocycles. The average molecular weight is 387 g/mol. The van der Waals surface area contributed by atoms with Gasteiger partial charge in [-0.1, -0.05) is 13.8 Å². The molecular formula is C20H25N3O5. The number of hydrogen-bond donors (Lipinski definition) is 1. The number of nitro groups is 1. The van der Waals surface area contributed by atoms with Crippen LogP contribution in [0.15, 0.2) is 42.5 Å². The first kappa shape index (κ1) is 21.2. The molecule has 0 heterocycles. The van der Waals surface area contributed by atoms with Crippen molar-refractivity contribution >= 4 is 11.6 Å². The number of carbonyl (C=O) groups is 1.